The van der Waals surface area contributed by atoms with Gasteiger partial charge < -0.3 is 20.0 Å². The number of carboxylic acids is 1. The van der Waals surface area contributed by atoms with Crippen LogP contribution in [0.3, 0.4) is 0 Å². The normalized spacial score (nSPS) is 9.49. The molecule has 3 heterocycles. The largest absolute Gasteiger partial charge is 0.476 e. The van der Waals surface area contributed by atoms with Crippen molar-refractivity contribution in [3.05, 3.63) is 72.1 Å². The van der Waals surface area contributed by atoms with E-state index in [1.807, 2.05) is 33.8 Å². The standard InChI is InChI=1S/C8H10N2O.C8H11NO3.C5H4N2O.C3H7Br/c1-7(2)11-10-5-3-4-8(10)6-9;1-6(2)12-9-5-3-4-7(9)8(10)11;6-4-5-2-1-3-7(5)8;1-3(2)4/h3-5,7H,1-2H3;3-6H,1-2H3,(H,10,11);1-3,8H;3H,1-2H3. The van der Waals surface area contributed by atoms with Gasteiger partial charge in [0.25, 0.3) is 0 Å². The topological polar surface area (TPSA) is 138 Å². The Labute approximate surface area is 214 Å². The molecule has 0 aliphatic carbocycles. The molecule has 0 spiro atoms. The van der Waals surface area contributed by atoms with Crippen LogP contribution < -0.4 is 9.68 Å². The summed E-state index contributed by atoms with van der Waals surface area (Å²) in [6, 6.07) is 13.5. The van der Waals surface area contributed by atoms with Gasteiger partial charge in [-0.1, -0.05) is 29.8 Å². The van der Waals surface area contributed by atoms with Crippen LogP contribution in [0.2, 0.25) is 0 Å². The molecule has 11 heteroatoms. The van der Waals surface area contributed by atoms with Crippen LogP contribution in [-0.2, 0) is 0 Å². The first-order chi connectivity index (χ1) is 16.4. The second-order valence-electron chi connectivity index (χ2n) is 7.53. The number of carboxylic acid groups (broad SMARTS) is 1. The molecule has 0 amide bonds. The summed E-state index contributed by atoms with van der Waals surface area (Å²) >= 11 is 3.27. The third kappa shape index (κ3) is 13.5. The van der Waals surface area contributed by atoms with E-state index in [2.05, 4.69) is 29.8 Å². The molecule has 0 bridgehead atoms. The van der Waals surface area contributed by atoms with Gasteiger partial charge in [-0.3, -0.25) is 0 Å². The molecule has 190 valence electrons. The van der Waals surface area contributed by atoms with Crippen molar-refractivity contribution < 1.29 is 24.8 Å². The molecule has 0 aliphatic rings. The van der Waals surface area contributed by atoms with E-state index in [1.54, 1.807) is 42.7 Å². The minimum Gasteiger partial charge on any atom is -0.476 e. The number of carbonyl (C=O) groups is 1. The molecule has 0 saturated heterocycles. The molecule has 2 N–H and O–H groups in total. The molecular weight excluding hydrogens is 518 g/mol. The minimum absolute atomic E-state index is 0.0319. The molecule has 10 nitrogen and oxygen atoms in total. The Hall–Kier alpha value is -3.83. The zero-order valence-electron chi connectivity index (χ0n) is 20.7. The predicted molar refractivity (Wildman–Crippen MR) is 134 cm³/mol. The average Bonchev–Trinajstić information content (AvgIpc) is 3.48. The van der Waals surface area contributed by atoms with E-state index in [4.69, 9.17) is 30.5 Å². The molecule has 0 unspecified atom stereocenters. The monoisotopic (exact) mass is 549 g/mol. The third-order valence-corrected chi connectivity index (χ3v) is 3.25. The quantitative estimate of drug-likeness (QED) is 0.350. The number of alkyl halides is 1. The summed E-state index contributed by atoms with van der Waals surface area (Å²) in [6.45, 7) is 11.7. The fourth-order valence-electron chi connectivity index (χ4n) is 2.08. The van der Waals surface area contributed by atoms with Crippen molar-refractivity contribution in [3.63, 3.8) is 0 Å². The van der Waals surface area contributed by atoms with Crippen LogP contribution in [0.15, 0.2) is 55.0 Å². The Kier molecular flexibility index (Phi) is 14.9. The van der Waals surface area contributed by atoms with Crippen molar-refractivity contribution in [1.29, 1.82) is 10.5 Å². The number of hydrogen-bond acceptors (Lipinski definition) is 6. The maximum atomic E-state index is 10.6. The number of aromatic carboxylic acids is 1. The average molecular weight is 550 g/mol. The van der Waals surface area contributed by atoms with Gasteiger partial charge in [0.15, 0.2) is 17.1 Å². The van der Waals surface area contributed by atoms with Gasteiger partial charge in [-0.15, -0.1) is 0 Å². The van der Waals surface area contributed by atoms with Crippen molar-refractivity contribution in [1.82, 2.24) is 14.2 Å². The van der Waals surface area contributed by atoms with Crippen LogP contribution in [0, 0.1) is 22.7 Å². The third-order valence-electron chi connectivity index (χ3n) is 3.25. The first-order valence-electron chi connectivity index (χ1n) is 10.7. The zero-order valence-corrected chi connectivity index (χ0v) is 22.2. The van der Waals surface area contributed by atoms with Gasteiger partial charge in [0.05, 0.1) is 0 Å². The molecule has 3 aromatic rings. The van der Waals surface area contributed by atoms with Gasteiger partial charge in [-0.05, 0) is 64.1 Å². The highest BCUT2D eigenvalue weighted by Crippen LogP contribution is 2.01. The van der Waals surface area contributed by atoms with Crippen molar-refractivity contribution in [2.75, 3.05) is 0 Å². The highest BCUT2D eigenvalue weighted by Gasteiger charge is 2.09. The lowest BCUT2D eigenvalue weighted by Crippen LogP contribution is -2.21. The molecule has 3 rings (SSSR count). The van der Waals surface area contributed by atoms with E-state index < -0.39 is 5.97 Å². The Morgan fingerprint density at radius 3 is 1.69 bits per heavy atom. The Morgan fingerprint density at radius 1 is 0.857 bits per heavy atom. The molecule has 35 heavy (non-hydrogen) atoms. The van der Waals surface area contributed by atoms with Crippen LogP contribution in [0.1, 0.15) is 63.4 Å². The fourth-order valence-corrected chi connectivity index (χ4v) is 2.08. The smallest absolute Gasteiger partial charge is 0.355 e. The second-order valence-corrected chi connectivity index (χ2v) is 9.36. The van der Waals surface area contributed by atoms with Crippen molar-refractivity contribution >= 4 is 21.9 Å². The highest BCUT2D eigenvalue weighted by atomic mass is 79.9. The molecule has 0 saturated carbocycles. The lowest BCUT2D eigenvalue weighted by molar-refractivity contribution is 0.0428. The number of rotatable bonds is 5. The van der Waals surface area contributed by atoms with E-state index in [0.29, 0.717) is 10.5 Å². The number of halogens is 1. The van der Waals surface area contributed by atoms with Gasteiger partial charge in [0.1, 0.15) is 24.3 Å². The number of aromatic nitrogens is 3. The molecule has 0 radical (unpaired) electrons. The Bertz CT molecular complexity index is 1080. The summed E-state index contributed by atoms with van der Waals surface area (Å²) in [7, 11) is 0. The van der Waals surface area contributed by atoms with Crippen LogP contribution in [0.5, 0.6) is 0 Å². The van der Waals surface area contributed by atoms with E-state index in [9.17, 15) is 4.79 Å². The van der Waals surface area contributed by atoms with Gasteiger partial charge in [0, 0.05) is 23.4 Å². The predicted octanol–water partition coefficient (Wildman–Crippen LogP) is 4.61. The molecule has 0 fully saturated rings. The summed E-state index contributed by atoms with van der Waals surface area (Å²) in [5, 5.41) is 34.1. The molecule has 0 atom stereocenters. The summed E-state index contributed by atoms with van der Waals surface area (Å²) in [5.74, 6) is -0.986. The van der Waals surface area contributed by atoms with Gasteiger partial charge in [-0.2, -0.15) is 24.7 Å². The fraction of sp³-hybridized carbons (Fsp3) is 0.375. The van der Waals surface area contributed by atoms with Crippen molar-refractivity contribution in [2.45, 2.75) is 58.6 Å². The lowest BCUT2D eigenvalue weighted by Gasteiger charge is -2.11. The van der Waals surface area contributed by atoms with E-state index >= 15 is 0 Å². The van der Waals surface area contributed by atoms with Crippen LogP contribution in [0.4, 0.5) is 0 Å². The van der Waals surface area contributed by atoms with E-state index in [0.717, 1.165) is 4.73 Å². The number of hydrogen-bond donors (Lipinski definition) is 2. The maximum Gasteiger partial charge on any atom is 0.355 e. The van der Waals surface area contributed by atoms with Crippen LogP contribution >= 0.6 is 15.9 Å². The second kappa shape index (κ2) is 16.7. The SMILES string of the molecule is CC(C)Br.CC(C)On1cccc1C#N.CC(C)On1cccc1C(=O)O.N#Cc1cccn1O. The first kappa shape index (κ1) is 31.2. The minimum atomic E-state index is -0.986. The summed E-state index contributed by atoms with van der Waals surface area (Å²) in [4.78, 5) is 21.7. The zero-order chi connectivity index (χ0) is 27.0. The summed E-state index contributed by atoms with van der Waals surface area (Å²) in [6.07, 6.45) is 4.76. The highest BCUT2D eigenvalue weighted by molar-refractivity contribution is 9.09. The first-order valence-corrected chi connectivity index (χ1v) is 11.6. The van der Waals surface area contributed by atoms with Crippen molar-refractivity contribution in [2.24, 2.45) is 0 Å². The Balaban J connectivity index is 0.000000467. The van der Waals surface area contributed by atoms with E-state index in [-0.39, 0.29) is 23.6 Å². The molecule has 0 aromatic carbocycles. The van der Waals surface area contributed by atoms with Gasteiger partial charge in [0.2, 0.25) is 0 Å². The van der Waals surface area contributed by atoms with Gasteiger partial charge in [-0.25, -0.2) is 4.79 Å². The number of nitriles is 2. The summed E-state index contributed by atoms with van der Waals surface area (Å²) < 4.78 is 3.51. The van der Waals surface area contributed by atoms with E-state index in [1.165, 1.54) is 27.8 Å². The maximum absolute atomic E-state index is 10.6. The van der Waals surface area contributed by atoms with Gasteiger partial charge >= 0.3 is 5.97 Å². The van der Waals surface area contributed by atoms with Crippen LogP contribution in [-0.4, -0.2) is 47.5 Å². The summed E-state index contributed by atoms with van der Waals surface area (Å²) in [5.41, 5.74) is 0.924. The van der Waals surface area contributed by atoms with Crippen molar-refractivity contribution in [3.8, 4) is 12.1 Å². The van der Waals surface area contributed by atoms with Crippen LogP contribution in [0.25, 0.3) is 0 Å². The lowest BCUT2D eigenvalue weighted by atomic mass is 10.4. The molecule has 0 aliphatic heterocycles. The molecular formula is C24H32BrN5O5. The Morgan fingerprint density at radius 2 is 1.29 bits per heavy atom. The number of nitrogens with zero attached hydrogens (tertiary/aromatic N) is 5. The molecule has 3 aromatic heterocycles.